The molecule has 0 bridgehead atoms. The molecule has 0 radical (unpaired) electrons. The second-order valence-electron chi connectivity index (χ2n) is 10.2. The molecule has 8 nitrogen and oxygen atoms in total. The molecule has 0 saturated heterocycles. The molecule has 2 aromatic carbocycles. The Morgan fingerprint density at radius 1 is 1.08 bits per heavy atom. The maximum atomic E-state index is 12.6. The monoisotopic (exact) mass is 527 g/mol. The quantitative estimate of drug-likeness (QED) is 0.362. The number of pyridine rings is 1. The predicted molar refractivity (Wildman–Crippen MR) is 149 cm³/mol. The average Bonchev–Trinajstić information content (AvgIpc) is 2.92. The fraction of sp³-hybridized carbons (Fsp3) is 0.355. The number of benzene rings is 2. The van der Waals surface area contributed by atoms with Crippen LogP contribution in [-0.4, -0.2) is 42.5 Å². The Morgan fingerprint density at radius 2 is 1.82 bits per heavy atom. The summed E-state index contributed by atoms with van der Waals surface area (Å²) < 4.78 is 11.1. The Kier molecular flexibility index (Phi) is 7.63. The zero-order valence-electron chi connectivity index (χ0n) is 22.4. The minimum Gasteiger partial charge on any atom is -0.466 e. The molecular weight excluding hydrogens is 494 g/mol. The molecular formula is C31H33N3O5. The van der Waals surface area contributed by atoms with E-state index >= 15 is 0 Å². The molecule has 1 fully saturated rings. The van der Waals surface area contributed by atoms with Gasteiger partial charge in [0, 0.05) is 11.1 Å². The van der Waals surface area contributed by atoms with Crippen molar-refractivity contribution < 1.29 is 23.9 Å². The maximum Gasteiger partial charge on any atom is 0.407 e. The second kappa shape index (κ2) is 11.3. The molecule has 3 aromatic rings. The van der Waals surface area contributed by atoms with E-state index in [0.29, 0.717) is 23.9 Å². The number of carbonyl (C=O) groups is 3. The number of amides is 2. The molecule has 39 heavy (non-hydrogen) atoms. The number of nitrogens with one attached hydrogen (secondary N) is 1. The van der Waals surface area contributed by atoms with Gasteiger partial charge in [0.1, 0.15) is 11.5 Å². The number of hydrogen-bond donors (Lipinski definition) is 1. The smallest absolute Gasteiger partial charge is 0.407 e. The Bertz CT molecular complexity index is 1370. The van der Waals surface area contributed by atoms with Crippen LogP contribution in [-0.2, 0) is 19.9 Å². The van der Waals surface area contributed by atoms with Crippen molar-refractivity contribution in [1.29, 1.82) is 0 Å². The van der Waals surface area contributed by atoms with Gasteiger partial charge in [0.15, 0.2) is 6.61 Å². The van der Waals surface area contributed by atoms with Crippen LogP contribution in [0.1, 0.15) is 51.5 Å². The average molecular weight is 528 g/mol. The van der Waals surface area contributed by atoms with Gasteiger partial charge in [-0.3, -0.25) is 14.5 Å². The lowest BCUT2D eigenvalue weighted by atomic mass is 9.71. The number of fused-ring (bicyclic) bond motifs is 1. The van der Waals surface area contributed by atoms with Crippen molar-refractivity contribution in [2.45, 2.75) is 51.5 Å². The number of hydrogen-bond acceptors (Lipinski definition) is 6. The molecule has 0 atom stereocenters. The lowest BCUT2D eigenvalue weighted by Gasteiger charge is -2.42. The van der Waals surface area contributed by atoms with Crippen molar-refractivity contribution in [3.8, 4) is 28.3 Å². The van der Waals surface area contributed by atoms with E-state index in [2.05, 4.69) is 12.2 Å². The number of anilines is 1. The van der Waals surface area contributed by atoms with E-state index in [1.165, 1.54) is 11.8 Å². The van der Waals surface area contributed by atoms with E-state index in [-0.39, 0.29) is 30.9 Å². The van der Waals surface area contributed by atoms with E-state index in [4.69, 9.17) is 14.5 Å². The number of unbranched alkanes of at least 4 members (excludes halogenated alkanes) is 1. The normalized spacial score (nSPS) is 15.5. The van der Waals surface area contributed by atoms with E-state index in [1.807, 2.05) is 60.7 Å². The summed E-state index contributed by atoms with van der Waals surface area (Å²) in [7, 11) is 0. The van der Waals surface area contributed by atoms with Gasteiger partial charge in [0.05, 0.1) is 24.4 Å². The van der Waals surface area contributed by atoms with Crippen molar-refractivity contribution in [2.24, 2.45) is 0 Å². The fourth-order valence-electron chi connectivity index (χ4n) is 5.09. The first kappa shape index (κ1) is 26.4. The molecule has 2 heterocycles. The second-order valence-corrected chi connectivity index (χ2v) is 10.2. The van der Waals surface area contributed by atoms with Crippen LogP contribution in [0.4, 0.5) is 10.5 Å². The summed E-state index contributed by atoms with van der Waals surface area (Å²) >= 11 is 0. The summed E-state index contributed by atoms with van der Waals surface area (Å²) in [6.45, 7) is 3.73. The Hall–Kier alpha value is -4.20. The molecule has 202 valence electrons. The van der Waals surface area contributed by atoms with Gasteiger partial charge in [0.2, 0.25) is 5.88 Å². The van der Waals surface area contributed by atoms with Crippen LogP contribution in [0.5, 0.6) is 5.88 Å². The highest BCUT2D eigenvalue weighted by Gasteiger charge is 2.40. The summed E-state index contributed by atoms with van der Waals surface area (Å²) in [6, 6.07) is 19.7. The summed E-state index contributed by atoms with van der Waals surface area (Å²) in [6.07, 6.45) is 4.19. The van der Waals surface area contributed by atoms with Crippen molar-refractivity contribution in [3.63, 3.8) is 0 Å². The standard InChI is InChI=1S/C31H33N3O5/c1-3-4-17-38-30(37)33-31(15-8-16-31)24-13-11-23(12-14-24)28-25(22-9-6-5-7-10-22)18-26-29(32-28)39-20-27(36)34(26)19-21(2)35/h5-7,9-14,18H,3-4,8,15-17,19-20H2,1-2H3,(H,33,37). The third-order valence-electron chi connectivity index (χ3n) is 7.35. The molecule has 0 spiro atoms. The maximum absolute atomic E-state index is 12.6. The van der Waals surface area contributed by atoms with Crippen LogP contribution in [0.25, 0.3) is 22.4 Å². The highest BCUT2D eigenvalue weighted by molar-refractivity contribution is 6.03. The van der Waals surface area contributed by atoms with Gasteiger partial charge >= 0.3 is 6.09 Å². The van der Waals surface area contributed by atoms with E-state index < -0.39 is 5.54 Å². The molecule has 1 aliphatic heterocycles. The van der Waals surface area contributed by atoms with Gasteiger partial charge in [-0.1, -0.05) is 67.9 Å². The highest BCUT2D eigenvalue weighted by atomic mass is 16.5. The number of rotatable bonds is 9. The van der Waals surface area contributed by atoms with Crippen LogP contribution in [0, 0.1) is 0 Å². The summed E-state index contributed by atoms with van der Waals surface area (Å²) in [4.78, 5) is 43.2. The fourth-order valence-corrected chi connectivity index (χ4v) is 5.09. The van der Waals surface area contributed by atoms with Crippen LogP contribution >= 0.6 is 0 Å². The first-order chi connectivity index (χ1) is 18.9. The lowest BCUT2D eigenvalue weighted by Crippen LogP contribution is -2.51. The molecule has 1 aromatic heterocycles. The third-order valence-corrected chi connectivity index (χ3v) is 7.35. The van der Waals surface area contributed by atoms with Crippen LogP contribution < -0.4 is 15.0 Å². The topological polar surface area (TPSA) is 97.8 Å². The number of ketones is 1. The molecule has 0 unspecified atom stereocenters. The van der Waals surface area contributed by atoms with Gasteiger partial charge < -0.3 is 14.8 Å². The number of carbonyl (C=O) groups excluding carboxylic acids is 3. The Morgan fingerprint density at radius 3 is 2.46 bits per heavy atom. The zero-order chi connectivity index (χ0) is 27.4. The number of nitrogens with zero attached hydrogens (tertiary/aromatic N) is 2. The largest absolute Gasteiger partial charge is 0.466 e. The SMILES string of the molecule is CCCCOC(=O)NC1(c2ccc(-c3nc4c(cc3-c3ccccc3)N(CC(C)=O)C(=O)CO4)cc2)CCC1. The van der Waals surface area contributed by atoms with E-state index in [9.17, 15) is 14.4 Å². The van der Waals surface area contributed by atoms with E-state index in [0.717, 1.165) is 54.4 Å². The van der Waals surface area contributed by atoms with Gasteiger partial charge in [-0.05, 0) is 49.8 Å². The molecule has 1 aliphatic carbocycles. The lowest BCUT2D eigenvalue weighted by molar-refractivity contribution is -0.124. The summed E-state index contributed by atoms with van der Waals surface area (Å²) in [5.41, 5.74) is 4.42. The van der Waals surface area contributed by atoms with Crippen molar-refractivity contribution in [2.75, 3.05) is 24.7 Å². The van der Waals surface area contributed by atoms with Crippen molar-refractivity contribution >= 4 is 23.5 Å². The third kappa shape index (κ3) is 5.50. The molecule has 1 N–H and O–H groups in total. The van der Waals surface area contributed by atoms with Crippen LogP contribution in [0.15, 0.2) is 60.7 Å². The van der Waals surface area contributed by atoms with Gasteiger partial charge in [-0.15, -0.1) is 0 Å². The van der Waals surface area contributed by atoms with Crippen molar-refractivity contribution in [3.05, 3.63) is 66.2 Å². The molecule has 2 amide bonds. The van der Waals surface area contributed by atoms with Gasteiger partial charge in [-0.25, -0.2) is 9.78 Å². The van der Waals surface area contributed by atoms with Gasteiger partial charge in [0.25, 0.3) is 5.91 Å². The number of Topliss-reactive ketones (excluding diaryl/α,β-unsaturated/α-hetero) is 1. The number of alkyl carbamates (subject to hydrolysis) is 1. The molecule has 8 heteroatoms. The number of aromatic nitrogens is 1. The first-order valence-corrected chi connectivity index (χ1v) is 13.5. The van der Waals surface area contributed by atoms with Crippen molar-refractivity contribution in [1.82, 2.24) is 10.3 Å². The Labute approximate surface area is 228 Å². The summed E-state index contributed by atoms with van der Waals surface area (Å²) in [5.74, 6) is -0.0754. The van der Waals surface area contributed by atoms with Crippen LogP contribution in [0.3, 0.4) is 0 Å². The van der Waals surface area contributed by atoms with E-state index in [1.54, 1.807) is 0 Å². The van der Waals surface area contributed by atoms with Crippen LogP contribution in [0.2, 0.25) is 0 Å². The minimum atomic E-state index is -0.427. The predicted octanol–water partition coefficient (Wildman–Crippen LogP) is 5.64. The number of ether oxygens (including phenoxy) is 2. The van der Waals surface area contributed by atoms with Gasteiger partial charge in [-0.2, -0.15) is 0 Å². The molecule has 2 aliphatic rings. The zero-order valence-corrected chi connectivity index (χ0v) is 22.4. The Balaban J connectivity index is 1.50. The highest BCUT2D eigenvalue weighted by Crippen LogP contribution is 2.43. The molecule has 1 saturated carbocycles. The first-order valence-electron chi connectivity index (χ1n) is 13.5. The summed E-state index contributed by atoms with van der Waals surface area (Å²) in [5, 5.41) is 3.11. The molecule has 5 rings (SSSR count). The minimum absolute atomic E-state index is 0.0326.